The van der Waals surface area contributed by atoms with Gasteiger partial charge in [-0.3, -0.25) is 14.4 Å². The molecule has 0 spiro atoms. The van der Waals surface area contributed by atoms with E-state index in [9.17, 15) is 14.4 Å². The molecule has 2 heterocycles. The number of likely N-dealkylation sites (N-methyl/N-ethyl adjacent to an activating group) is 1. The molecule has 28 heavy (non-hydrogen) atoms. The van der Waals surface area contributed by atoms with Crippen LogP contribution < -0.4 is 10.2 Å². The summed E-state index contributed by atoms with van der Waals surface area (Å²) in [6.45, 7) is 3.36. The number of furan rings is 1. The molecular weight excluding hydrogens is 360 g/mol. The Balaban J connectivity index is 1.55. The number of allylic oxidation sites excluding steroid dienone is 1. The van der Waals surface area contributed by atoms with Crippen molar-refractivity contribution in [2.75, 3.05) is 25.1 Å². The molecule has 0 bridgehead atoms. The van der Waals surface area contributed by atoms with Gasteiger partial charge < -0.3 is 19.4 Å². The van der Waals surface area contributed by atoms with Crippen molar-refractivity contribution in [3.8, 4) is 0 Å². The van der Waals surface area contributed by atoms with E-state index in [-0.39, 0.29) is 30.1 Å². The average molecular weight is 382 g/mol. The van der Waals surface area contributed by atoms with Gasteiger partial charge in [-0.25, -0.2) is 0 Å². The second-order valence-corrected chi connectivity index (χ2v) is 7.02. The van der Waals surface area contributed by atoms with Crippen molar-refractivity contribution in [1.82, 2.24) is 5.32 Å². The number of carbonyl (C=O) groups is 3. The lowest BCUT2D eigenvalue weighted by atomic mass is 9.83. The number of amides is 1. The van der Waals surface area contributed by atoms with E-state index in [1.165, 1.54) is 18.4 Å². The fraction of sp³-hybridized carbons (Fsp3) is 0.286. The number of ether oxygens (including phenoxy) is 1. The number of esters is 1. The molecule has 0 saturated heterocycles. The van der Waals surface area contributed by atoms with E-state index in [1.807, 2.05) is 50.1 Å². The molecule has 1 aromatic heterocycles. The molecule has 3 rings (SSSR count). The molecule has 1 N–H and O–H groups in total. The number of benzene rings is 1. The van der Waals surface area contributed by atoms with Crippen LogP contribution in [0.4, 0.5) is 5.69 Å². The number of nitrogens with one attached hydrogen (secondary N) is 1. The van der Waals surface area contributed by atoms with Gasteiger partial charge in [0.2, 0.25) is 0 Å². The van der Waals surface area contributed by atoms with E-state index in [4.69, 9.17) is 9.15 Å². The fourth-order valence-electron chi connectivity index (χ4n) is 3.30. The first-order chi connectivity index (χ1) is 13.3. The zero-order valence-corrected chi connectivity index (χ0v) is 16.0. The lowest BCUT2D eigenvalue weighted by Gasteiger charge is -2.23. The molecule has 0 saturated carbocycles. The van der Waals surface area contributed by atoms with Crippen LogP contribution in [0.5, 0.6) is 0 Å². The maximum absolute atomic E-state index is 12.3. The Morgan fingerprint density at radius 1 is 1.18 bits per heavy atom. The van der Waals surface area contributed by atoms with Gasteiger partial charge in [0, 0.05) is 29.9 Å². The van der Waals surface area contributed by atoms with Crippen LogP contribution in [0.3, 0.4) is 0 Å². The first-order valence-electron chi connectivity index (χ1n) is 8.86. The molecule has 146 valence electrons. The van der Waals surface area contributed by atoms with E-state index in [0.29, 0.717) is 0 Å². The fourth-order valence-corrected chi connectivity index (χ4v) is 3.30. The van der Waals surface area contributed by atoms with Gasteiger partial charge in [-0.15, -0.1) is 0 Å². The number of ketones is 1. The number of anilines is 1. The predicted octanol–water partition coefficient (Wildman–Crippen LogP) is 2.43. The average Bonchev–Trinajstić information content (AvgIpc) is 3.28. The highest BCUT2D eigenvalue weighted by atomic mass is 16.5. The van der Waals surface area contributed by atoms with Gasteiger partial charge in [-0.1, -0.05) is 32.0 Å². The molecule has 0 fully saturated rings. The van der Waals surface area contributed by atoms with Crippen molar-refractivity contribution in [2.24, 2.45) is 0 Å². The summed E-state index contributed by atoms with van der Waals surface area (Å²) in [5.41, 5.74) is 2.68. The summed E-state index contributed by atoms with van der Waals surface area (Å²) in [6.07, 6.45) is 2.87. The quantitative estimate of drug-likeness (QED) is 0.610. The SMILES string of the molecule is CN1/C(=C/C(=O)COC(=O)CNC(=O)c2ccco2)C(C)(C)c2ccccc21. The number of carbonyl (C=O) groups excluding carboxylic acids is 3. The topological polar surface area (TPSA) is 88.9 Å². The van der Waals surface area contributed by atoms with Crippen molar-refractivity contribution in [2.45, 2.75) is 19.3 Å². The zero-order chi connectivity index (χ0) is 20.3. The lowest BCUT2D eigenvalue weighted by Crippen LogP contribution is -2.31. The van der Waals surface area contributed by atoms with Gasteiger partial charge in [-0.2, -0.15) is 0 Å². The minimum atomic E-state index is -0.700. The Hall–Kier alpha value is -3.35. The lowest BCUT2D eigenvalue weighted by molar-refractivity contribution is -0.145. The number of rotatable bonds is 6. The van der Waals surface area contributed by atoms with Crippen molar-refractivity contribution < 1.29 is 23.5 Å². The summed E-state index contributed by atoms with van der Waals surface area (Å²) >= 11 is 0. The maximum Gasteiger partial charge on any atom is 0.325 e. The Morgan fingerprint density at radius 2 is 1.93 bits per heavy atom. The summed E-state index contributed by atoms with van der Waals surface area (Å²) < 4.78 is 9.89. The van der Waals surface area contributed by atoms with Gasteiger partial charge >= 0.3 is 5.97 Å². The summed E-state index contributed by atoms with van der Waals surface area (Å²) in [5, 5.41) is 2.37. The summed E-state index contributed by atoms with van der Waals surface area (Å²) in [7, 11) is 1.91. The van der Waals surface area contributed by atoms with Crippen molar-refractivity contribution >= 4 is 23.3 Å². The third-order valence-corrected chi connectivity index (χ3v) is 4.75. The second kappa shape index (κ2) is 7.72. The molecule has 7 nitrogen and oxygen atoms in total. The summed E-state index contributed by atoms with van der Waals surface area (Å²) in [4.78, 5) is 37.8. The van der Waals surface area contributed by atoms with Gasteiger partial charge in [0.05, 0.1) is 6.26 Å². The molecule has 0 aliphatic carbocycles. The van der Waals surface area contributed by atoms with E-state index in [1.54, 1.807) is 6.07 Å². The van der Waals surface area contributed by atoms with Crippen molar-refractivity contribution in [1.29, 1.82) is 0 Å². The largest absolute Gasteiger partial charge is 0.459 e. The van der Waals surface area contributed by atoms with E-state index in [0.717, 1.165) is 16.9 Å². The minimum absolute atomic E-state index is 0.0969. The van der Waals surface area contributed by atoms with Crippen LogP contribution in [0.1, 0.15) is 30.0 Å². The molecule has 1 amide bonds. The Kier molecular flexibility index (Phi) is 5.35. The van der Waals surface area contributed by atoms with Crippen LogP contribution in [0, 0.1) is 0 Å². The van der Waals surface area contributed by atoms with Crippen molar-refractivity contribution in [3.63, 3.8) is 0 Å². The number of nitrogens with zero attached hydrogens (tertiary/aromatic N) is 1. The molecule has 0 atom stereocenters. The molecular formula is C21H22N2O5. The van der Waals surface area contributed by atoms with E-state index < -0.39 is 11.9 Å². The number of fused-ring (bicyclic) bond motifs is 1. The van der Waals surface area contributed by atoms with E-state index in [2.05, 4.69) is 5.32 Å². The van der Waals surface area contributed by atoms with Gasteiger partial charge in [-0.05, 0) is 23.8 Å². The summed E-state index contributed by atoms with van der Waals surface area (Å²) in [6, 6.07) is 11.0. The minimum Gasteiger partial charge on any atom is -0.459 e. The third-order valence-electron chi connectivity index (χ3n) is 4.75. The summed E-state index contributed by atoms with van der Waals surface area (Å²) in [5.74, 6) is -1.45. The Morgan fingerprint density at radius 3 is 2.61 bits per heavy atom. The third kappa shape index (κ3) is 3.83. The second-order valence-electron chi connectivity index (χ2n) is 7.02. The first kappa shape index (κ1) is 19.4. The highest BCUT2D eigenvalue weighted by molar-refractivity contribution is 5.95. The van der Waals surface area contributed by atoms with Gasteiger partial charge in [0.25, 0.3) is 5.91 Å². The normalized spacial score (nSPS) is 16.0. The van der Waals surface area contributed by atoms with Gasteiger partial charge in [0.15, 0.2) is 18.2 Å². The zero-order valence-electron chi connectivity index (χ0n) is 16.0. The monoisotopic (exact) mass is 382 g/mol. The molecule has 7 heteroatoms. The molecule has 2 aromatic rings. The Labute approximate surface area is 163 Å². The standard InChI is InChI=1S/C21H22N2O5/c1-21(2)15-7-4-5-8-16(15)23(3)18(21)11-14(24)13-28-19(25)12-22-20(26)17-9-6-10-27-17/h4-11H,12-13H2,1-3H3,(H,22,26)/b18-11+. The molecule has 1 aromatic carbocycles. The number of hydrogen-bond donors (Lipinski definition) is 1. The smallest absolute Gasteiger partial charge is 0.325 e. The molecule has 1 aliphatic heterocycles. The molecule has 0 radical (unpaired) electrons. The maximum atomic E-state index is 12.3. The van der Waals surface area contributed by atoms with Crippen LogP contribution in [0.15, 0.2) is 58.9 Å². The van der Waals surface area contributed by atoms with Gasteiger partial charge in [0.1, 0.15) is 6.54 Å². The predicted molar refractivity (Wildman–Crippen MR) is 103 cm³/mol. The van der Waals surface area contributed by atoms with Crippen LogP contribution in [0.2, 0.25) is 0 Å². The highest BCUT2D eigenvalue weighted by Gasteiger charge is 2.38. The van der Waals surface area contributed by atoms with Crippen LogP contribution in [-0.2, 0) is 19.7 Å². The molecule has 0 unspecified atom stereocenters. The van der Waals surface area contributed by atoms with Crippen LogP contribution >= 0.6 is 0 Å². The molecule has 1 aliphatic rings. The van der Waals surface area contributed by atoms with Crippen molar-refractivity contribution in [3.05, 3.63) is 65.8 Å². The van der Waals surface area contributed by atoms with E-state index >= 15 is 0 Å². The Bertz CT molecular complexity index is 928. The van der Waals surface area contributed by atoms with Crippen LogP contribution in [-0.4, -0.2) is 37.9 Å². The number of hydrogen-bond acceptors (Lipinski definition) is 6. The first-order valence-corrected chi connectivity index (χ1v) is 8.86. The van der Waals surface area contributed by atoms with Crippen LogP contribution in [0.25, 0.3) is 0 Å². The number of para-hydroxylation sites is 1. The highest BCUT2D eigenvalue weighted by Crippen LogP contribution is 2.46.